The maximum absolute atomic E-state index is 11.3. The lowest BCUT2D eigenvalue weighted by molar-refractivity contribution is -0.138. The third-order valence-corrected chi connectivity index (χ3v) is 2.25. The highest BCUT2D eigenvalue weighted by atomic mass is 16.5. The standard InChI is InChI=1S/C14H20O4/c1-4-8-12(3)14(17)18-10-7-5-6-9-11(2)13(15)16/h4,8-9H,3,5-7,10H2,1-2H3,(H,15,16). The molecule has 0 aromatic carbocycles. The molecule has 0 aromatic rings. The first kappa shape index (κ1) is 16.2. The molecule has 0 atom stereocenters. The van der Waals surface area contributed by atoms with Crippen molar-refractivity contribution in [1.29, 1.82) is 0 Å². The Kier molecular flexibility index (Phi) is 8.27. The zero-order valence-electron chi connectivity index (χ0n) is 10.9. The van der Waals surface area contributed by atoms with E-state index in [0.717, 1.165) is 6.42 Å². The lowest BCUT2D eigenvalue weighted by Crippen LogP contribution is -2.06. The van der Waals surface area contributed by atoms with Crippen LogP contribution in [-0.4, -0.2) is 23.7 Å². The smallest absolute Gasteiger partial charge is 0.337 e. The molecule has 0 aliphatic rings. The molecule has 0 unspecified atom stereocenters. The summed E-state index contributed by atoms with van der Waals surface area (Å²) in [6, 6.07) is 0. The number of carboxylic acids is 1. The predicted molar refractivity (Wildman–Crippen MR) is 70.2 cm³/mol. The third kappa shape index (κ3) is 7.44. The number of rotatable bonds is 8. The van der Waals surface area contributed by atoms with Crippen LogP contribution in [0.4, 0.5) is 0 Å². The molecular weight excluding hydrogens is 232 g/mol. The monoisotopic (exact) mass is 252 g/mol. The minimum atomic E-state index is -0.899. The van der Waals surface area contributed by atoms with Crippen LogP contribution in [0.25, 0.3) is 0 Å². The molecule has 0 bridgehead atoms. The highest BCUT2D eigenvalue weighted by molar-refractivity contribution is 5.90. The average molecular weight is 252 g/mol. The second-order valence-corrected chi connectivity index (χ2v) is 3.85. The van der Waals surface area contributed by atoms with Crippen molar-refractivity contribution in [3.05, 3.63) is 36.0 Å². The largest absolute Gasteiger partial charge is 0.478 e. The number of carbonyl (C=O) groups is 2. The van der Waals surface area contributed by atoms with Crippen molar-refractivity contribution in [1.82, 2.24) is 0 Å². The van der Waals surface area contributed by atoms with Crippen LogP contribution in [0.3, 0.4) is 0 Å². The third-order valence-electron chi connectivity index (χ3n) is 2.25. The highest BCUT2D eigenvalue weighted by Gasteiger charge is 2.04. The van der Waals surface area contributed by atoms with E-state index in [-0.39, 0.29) is 0 Å². The molecule has 0 saturated carbocycles. The van der Waals surface area contributed by atoms with Gasteiger partial charge in [-0.3, -0.25) is 0 Å². The topological polar surface area (TPSA) is 63.6 Å². The first-order valence-electron chi connectivity index (χ1n) is 5.87. The normalized spacial score (nSPS) is 11.6. The number of aliphatic carboxylic acids is 1. The Balaban J connectivity index is 3.69. The molecule has 0 aliphatic heterocycles. The molecule has 1 N–H and O–H groups in total. The van der Waals surface area contributed by atoms with Gasteiger partial charge in [0.15, 0.2) is 0 Å². The van der Waals surface area contributed by atoms with Crippen LogP contribution in [0, 0.1) is 0 Å². The van der Waals surface area contributed by atoms with Gasteiger partial charge in [-0.25, -0.2) is 9.59 Å². The molecule has 0 aliphatic carbocycles. The van der Waals surface area contributed by atoms with Crippen molar-refractivity contribution in [2.45, 2.75) is 33.1 Å². The van der Waals surface area contributed by atoms with Gasteiger partial charge in [0.1, 0.15) is 0 Å². The summed E-state index contributed by atoms with van der Waals surface area (Å²) in [6.45, 7) is 7.25. The number of carboxylic acid groups (broad SMARTS) is 1. The number of carbonyl (C=O) groups excluding carboxylic acids is 1. The molecule has 0 fully saturated rings. The van der Waals surface area contributed by atoms with Gasteiger partial charge in [-0.05, 0) is 33.1 Å². The lowest BCUT2D eigenvalue weighted by atomic mass is 10.2. The Morgan fingerprint density at radius 1 is 1.33 bits per heavy atom. The molecule has 0 rings (SSSR count). The van der Waals surface area contributed by atoms with Gasteiger partial charge in [0, 0.05) is 5.57 Å². The van der Waals surface area contributed by atoms with Gasteiger partial charge in [-0.2, -0.15) is 0 Å². The first-order chi connectivity index (χ1) is 8.49. The van der Waals surface area contributed by atoms with Crippen LogP contribution in [0.15, 0.2) is 36.0 Å². The van der Waals surface area contributed by atoms with Crippen LogP contribution < -0.4 is 0 Å². The van der Waals surface area contributed by atoms with E-state index in [1.807, 2.05) is 0 Å². The summed E-state index contributed by atoms with van der Waals surface area (Å²) in [5.74, 6) is -1.31. The van der Waals surface area contributed by atoms with E-state index >= 15 is 0 Å². The second kappa shape index (κ2) is 9.22. The Hall–Kier alpha value is -1.84. The van der Waals surface area contributed by atoms with E-state index in [1.54, 1.807) is 32.1 Å². The molecular formula is C14H20O4. The molecule has 0 spiro atoms. The average Bonchev–Trinajstić information content (AvgIpc) is 2.32. The van der Waals surface area contributed by atoms with E-state index < -0.39 is 11.9 Å². The Morgan fingerprint density at radius 3 is 2.56 bits per heavy atom. The van der Waals surface area contributed by atoms with Crippen LogP contribution in [0.1, 0.15) is 33.1 Å². The number of hydrogen-bond donors (Lipinski definition) is 1. The van der Waals surface area contributed by atoms with Gasteiger partial charge < -0.3 is 9.84 Å². The second-order valence-electron chi connectivity index (χ2n) is 3.85. The van der Waals surface area contributed by atoms with Crippen LogP contribution >= 0.6 is 0 Å². The predicted octanol–water partition coefficient (Wildman–Crippen LogP) is 2.86. The SMILES string of the molecule is C=C(C=CC)C(=O)OCCCCC=C(C)C(=O)O. The molecule has 100 valence electrons. The van der Waals surface area contributed by atoms with Gasteiger partial charge >= 0.3 is 11.9 Å². The fraction of sp³-hybridized carbons (Fsp3) is 0.429. The minimum Gasteiger partial charge on any atom is -0.478 e. The number of allylic oxidation sites excluding steroid dienone is 2. The van der Waals surface area contributed by atoms with Gasteiger partial charge in [0.25, 0.3) is 0 Å². The number of unbranched alkanes of at least 4 members (excludes halogenated alkanes) is 2. The van der Waals surface area contributed by atoms with Gasteiger partial charge in [-0.1, -0.05) is 24.8 Å². The molecule has 0 aromatic heterocycles. The number of ether oxygens (including phenoxy) is 1. The molecule has 4 nitrogen and oxygen atoms in total. The fourth-order valence-electron chi connectivity index (χ4n) is 1.18. The number of hydrogen-bond acceptors (Lipinski definition) is 3. The molecule has 0 radical (unpaired) electrons. The van der Waals surface area contributed by atoms with Crippen LogP contribution in [0.2, 0.25) is 0 Å². The zero-order valence-corrected chi connectivity index (χ0v) is 10.9. The minimum absolute atomic E-state index is 0.329. The summed E-state index contributed by atoms with van der Waals surface area (Å²) in [5, 5.41) is 8.62. The van der Waals surface area contributed by atoms with Crippen molar-refractivity contribution in [3.8, 4) is 0 Å². The summed E-state index contributed by atoms with van der Waals surface area (Å²) in [4.78, 5) is 21.8. The quantitative estimate of drug-likeness (QED) is 0.312. The Morgan fingerprint density at radius 2 is 2.00 bits per heavy atom. The van der Waals surface area contributed by atoms with E-state index in [4.69, 9.17) is 9.84 Å². The van der Waals surface area contributed by atoms with Gasteiger partial charge in [0.2, 0.25) is 0 Å². The summed E-state index contributed by atoms with van der Waals surface area (Å²) in [7, 11) is 0. The number of esters is 1. The van der Waals surface area contributed by atoms with E-state index in [0.29, 0.717) is 30.6 Å². The van der Waals surface area contributed by atoms with E-state index in [2.05, 4.69) is 6.58 Å². The van der Waals surface area contributed by atoms with Crippen molar-refractivity contribution >= 4 is 11.9 Å². The maximum Gasteiger partial charge on any atom is 0.337 e. The summed E-state index contributed by atoms with van der Waals surface area (Å²) < 4.78 is 4.98. The van der Waals surface area contributed by atoms with Crippen molar-refractivity contribution in [2.24, 2.45) is 0 Å². The van der Waals surface area contributed by atoms with Crippen molar-refractivity contribution in [2.75, 3.05) is 6.61 Å². The van der Waals surface area contributed by atoms with Crippen LogP contribution in [0.5, 0.6) is 0 Å². The van der Waals surface area contributed by atoms with Gasteiger partial charge in [-0.15, -0.1) is 0 Å². The summed E-state index contributed by atoms with van der Waals surface area (Å²) in [6.07, 6.45) is 7.16. The molecule has 0 heterocycles. The zero-order chi connectivity index (χ0) is 14.0. The summed E-state index contributed by atoms with van der Waals surface area (Å²) >= 11 is 0. The Labute approximate surface area is 108 Å². The van der Waals surface area contributed by atoms with E-state index in [1.165, 1.54) is 0 Å². The van der Waals surface area contributed by atoms with E-state index in [9.17, 15) is 9.59 Å². The van der Waals surface area contributed by atoms with Gasteiger partial charge in [0.05, 0.1) is 12.2 Å². The molecule has 0 amide bonds. The molecule has 0 saturated heterocycles. The summed E-state index contributed by atoms with van der Waals surface area (Å²) in [5.41, 5.74) is 0.674. The Bertz CT molecular complexity index is 364. The fourth-order valence-corrected chi connectivity index (χ4v) is 1.18. The lowest BCUT2D eigenvalue weighted by Gasteiger charge is -2.03. The molecule has 4 heteroatoms. The molecule has 18 heavy (non-hydrogen) atoms. The van der Waals surface area contributed by atoms with Crippen LogP contribution in [-0.2, 0) is 14.3 Å². The highest BCUT2D eigenvalue weighted by Crippen LogP contribution is 2.03. The maximum atomic E-state index is 11.3. The van der Waals surface area contributed by atoms with Crippen molar-refractivity contribution < 1.29 is 19.4 Å². The van der Waals surface area contributed by atoms with Crippen molar-refractivity contribution in [3.63, 3.8) is 0 Å². The first-order valence-corrected chi connectivity index (χ1v) is 5.87.